The number of carbonyl (C=O) groups is 1. The Morgan fingerprint density at radius 2 is 2.00 bits per heavy atom. The van der Waals surface area contributed by atoms with Crippen LogP contribution in [0.4, 0.5) is 13.2 Å². The Morgan fingerprint density at radius 3 is 2.71 bits per heavy atom. The highest BCUT2D eigenvalue weighted by Gasteiger charge is 2.42. The molecule has 5 heteroatoms. The summed E-state index contributed by atoms with van der Waals surface area (Å²) in [6, 6.07) is 7.12. The SMILES string of the molecule is O=C(OC1CCCc2ccccc21)C(F)(F)F. The van der Waals surface area contributed by atoms with E-state index in [1.54, 1.807) is 12.1 Å². The molecule has 0 aliphatic heterocycles. The number of carbonyl (C=O) groups excluding carboxylic acids is 1. The molecule has 2 rings (SSSR count). The lowest BCUT2D eigenvalue weighted by atomic mass is 9.89. The van der Waals surface area contributed by atoms with Gasteiger partial charge in [0.25, 0.3) is 0 Å². The summed E-state index contributed by atoms with van der Waals surface area (Å²) >= 11 is 0. The minimum absolute atomic E-state index is 0.443. The molecular formula is C12H11F3O2. The number of fused-ring (bicyclic) bond motifs is 1. The first-order valence-corrected chi connectivity index (χ1v) is 5.34. The second kappa shape index (κ2) is 4.39. The van der Waals surface area contributed by atoms with Gasteiger partial charge in [0.05, 0.1) is 0 Å². The molecule has 92 valence electrons. The Labute approximate surface area is 96.4 Å². The van der Waals surface area contributed by atoms with Gasteiger partial charge in [0.15, 0.2) is 0 Å². The van der Waals surface area contributed by atoms with Crippen LogP contribution in [0.1, 0.15) is 30.1 Å². The zero-order valence-corrected chi connectivity index (χ0v) is 8.96. The van der Waals surface area contributed by atoms with Crippen molar-refractivity contribution in [2.24, 2.45) is 0 Å². The van der Waals surface area contributed by atoms with Gasteiger partial charge in [-0.3, -0.25) is 0 Å². The summed E-state index contributed by atoms with van der Waals surface area (Å²) in [6.07, 6.45) is -3.71. The lowest BCUT2D eigenvalue weighted by molar-refractivity contribution is -0.205. The average Bonchev–Trinajstić information content (AvgIpc) is 2.28. The third kappa shape index (κ3) is 2.60. The van der Waals surface area contributed by atoms with E-state index in [-0.39, 0.29) is 0 Å². The van der Waals surface area contributed by atoms with Crippen LogP contribution in [0.25, 0.3) is 0 Å². The van der Waals surface area contributed by atoms with Crippen LogP contribution in [-0.4, -0.2) is 12.1 Å². The molecule has 1 aliphatic carbocycles. The Bertz CT molecular complexity index is 426. The van der Waals surface area contributed by atoms with Gasteiger partial charge in [-0.05, 0) is 30.4 Å². The number of halogens is 3. The zero-order valence-electron chi connectivity index (χ0n) is 8.96. The number of aryl methyl sites for hydroxylation is 1. The lowest BCUT2D eigenvalue weighted by Gasteiger charge is -2.25. The highest BCUT2D eigenvalue weighted by Crippen LogP contribution is 2.34. The van der Waals surface area contributed by atoms with E-state index in [4.69, 9.17) is 0 Å². The lowest BCUT2D eigenvalue weighted by Crippen LogP contribution is -2.28. The van der Waals surface area contributed by atoms with Crippen molar-refractivity contribution in [2.45, 2.75) is 31.5 Å². The molecule has 1 atom stereocenters. The molecule has 0 spiro atoms. The smallest absolute Gasteiger partial charge is 0.451 e. The quantitative estimate of drug-likeness (QED) is 0.709. The predicted octanol–water partition coefficient (Wildman–Crippen LogP) is 3.17. The second-order valence-electron chi connectivity index (χ2n) is 3.98. The van der Waals surface area contributed by atoms with Gasteiger partial charge >= 0.3 is 12.1 Å². The van der Waals surface area contributed by atoms with Crippen molar-refractivity contribution in [1.29, 1.82) is 0 Å². The third-order valence-corrected chi connectivity index (χ3v) is 2.80. The first-order valence-electron chi connectivity index (χ1n) is 5.34. The van der Waals surface area contributed by atoms with Crippen molar-refractivity contribution >= 4 is 5.97 Å². The van der Waals surface area contributed by atoms with Crippen LogP contribution in [0.5, 0.6) is 0 Å². The third-order valence-electron chi connectivity index (χ3n) is 2.80. The normalized spacial score (nSPS) is 19.6. The summed E-state index contributed by atoms with van der Waals surface area (Å²) in [6.45, 7) is 0. The van der Waals surface area contributed by atoms with Crippen molar-refractivity contribution in [3.05, 3.63) is 35.4 Å². The molecule has 0 saturated heterocycles. The van der Waals surface area contributed by atoms with Crippen LogP contribution >= 0.6 is 0 Å². The molecule has 0 radical (unpaired) electrons. The molecule has 0 heterocycles. The average molecular weight is 244 g/mol. The molecule has 17 heavy (non-hydrogen) atoms. The number of hydrogen-bond donors (Lipinski definition) is 0. The van der Waals surface area contributed by atoms with Crippen LogP contribution in [-0.2, 0) is 16.0 Å². The molecular weight excluding hydrogens is 233 g/mol. The molecule has 0 amide bonds. The van der Waals surface area contributed by atoms with Gasteiger partial charge in [0, 0.05) is 0 Å². The standard InChI is InChI=1S/C12H11F3O2/c13-12(14,15)11(16)17-10-7-3-5-8-4-1-2-6-9(8)10/h1-2,4,6,10H,3,5,7H2. The largest absolute Gasteiger partial charge is 0.490 e. The number of alkyl halides is 3. The molecule has 1 aliphatic rings. The first-order chi connectivity index (χ1) is 7.98. The second-order valence-corrected chi connectivity index (χ2v) is 3.98. The van der Waals surface area contributed by atoms with E-state index in [0.717, 1.165) is 18.4 Å². The van der Waals surface area contributed by atoms with E-state index in [0.29, 0.717) is 12.0 Å². The van der Waals surface area contributed by atoms with Gasteiger partial charge in [0.2, 0.25) is 0 Å². The molecule has 1 aromatic rings. The maximum atomic E-state index is 12.1. The minimum Gasteiger partial charge on any atom is -0.451 e. The number of benzene rings is 1. The zero-order chi connectivity index (χ0) is 12.5. The fourth-order valence-corrected chi connectivity index (χ4v) is 2.03. The summed E-state index contributed by atoms with van der Waals surface area (Å²) in [4.78, 5) is 10.8. The van der Waals surface area contributed by atoms with Crippen molar-refractivity contribution in [1.82, 2.24) is 0 Å². The van der Waals surface area contributed by atoms with E-state index in [9.17, 15) is 18.0 Å². The Hall–Kier alpha value is -1.52. The maximum Gasteiger partial charge on any atom is 0.490 e. The van der Waals surface area contributed by atoms with Gasteiger partial charge in [-0.15, -0.1) is 0 Å². The molecule has 0 saturated carbocycles. The minimum atomic E-state index is -4.92. The highest BCUT2D eigenvalue weighted by atomic mass is 19.4. The van der Waals surface area contributed by atoms with Gasteiger partial charge in [0.1, 0.15) is 6.10 Å². The Morgan fingerprint density at radius 1 is 1.29 bits per heavy atom. The maximum absolute atomic E-state index is 12.1. The molecule has 0 N–H and O–H groups in total. The number of ether oxygens (including phenoxy) is 1. The van der Waals surface area contributed by atoms with Crippen LogP contribution < -0.4 is 0 Å². The summed E-state index contributed by atoms with van der Waals surface area (Å²) in [5.41, 5.74) is 1.65. The molecule has 1 aromatic carbocycles. The van der Waals surface area contributed by atoms with Crippen molar-refractivity contribution in [3.63, 3.8) is 0 Å². The highest BCUT2D eigenvalue weighted by molar-refractivity contribution is 5.76. The van der Waals surface area contributed by atoms with Crippen molar-refractivity contribution < 1.29 is 22.7 Å². The van der Waals surface area contributed by atoms with Crippen molar-refractivity contribution in [2.75, 3.05) is 0 Å². The molecule has 2 nitrogen and oxygen atoms in total. The van der Waals surface area contributed by atoms with Crippen LogP contribution in [0.15, 0.2) is 24.3 Å². The summed E-state index contributed by atoms with van der Waals surface area (Å²) in [5.74, 6) is -2.11. The summed E-state index contributed by atoms with van der Waals surface area (Å²) in [7, 11) is 0. The van der Waals surface area contributed by atoms with Gasteiger partial charge in [-0.25, -0.2) is 4.79 Å². The van der Waals surface area contributed by atoms with Gasteiger partial charge < -0.3 is 4.74 Å². The van der Waals surface area contributed by atoms with E-state index in [1.165, 1.54) is 0 Å². The fraction of sp³-hybridized carbons (Fsp3) is 0.417. The fourth-order valence-electron chi connectivity index (χ4n) is 2.03. The molecule has 0 fully saturated rings. The number of hydrogen-bond acceptors (Lipinski definition) is 2. The van der Waals surface area contributed by atoms with Gasteiger partial charge in [-0.2, -0.15) is 13.2 Å². The summed E-state index contributed by atoms with van der Waals surface area (Å²) in [5, 5.41) is 0. The topological polar surface area (TPSA) is 26.3 Å². The van der Waals surface area contributed by atoms with E-state index >= 15 is 0 Å². The van der Waals surface area contributed by atoms with Crippen LogP contribution in [0, 0.1) is 0 Å². The molecule has 0 bridgehead atoms. The van der Waals surface area contributed by atoms with E-state index < -0.39 is 18.2 Å². The van der Waals surface area contributed by atoms with Crippen LogP contribution in [0.2, 0.25) is 0 Å². The Kier molecular flexibility index (Phi) is 3.09. The van der Waals surface area contributed by atoms with Crippen LogP contribution in [0.3, 0.4) is 0 Å². The van der Waals surface area contributed by atoms with E-state index in [2.05, 4.69) is 4.74 Å². The van der Waals surface area contributed by atoms with E-state index in [1.807, 2.05) is 12.1 Å². The predicted molar refractivity (Wildman–Crippen MR) is 54.3 cm³/mol. The summed E-state index contributed by atoms with van der Waals surface area (Å²) < 4.78 is 40.8. The monoisotopic (exact) mass is 244 g/mol. The molecule has 1 unspecified atom stereocenters. The molecule has 0 aromatic heterocycles. The first kappa shape index (κ1) is 12.0. The number of esters is 1. The van der Waals surface area contributed by atoms with Crippen molar-refractivity contribution in [3.8, 4) is 0 Å². The Balaban J connectivity index is 2.17. The number of rotatable bonds is 1. The van der Waals surface area contributed by atoms with Gasteiger partial charge in [-0.1, -0.05) is 24.3 Å².